The van der Waals surface area contributed by atoms with Gasteiger partial charge in [0.05, 0.1) is 6.20 Å². The van der Waals surface area contributed by atoms with Gasteiger partial charge in [0.25, 0.3) is 0 Å². The van der Waals surface area contributed by atoms with Gasteiger partial charge in [-0.15, -0.1) is 0 Å². The highest BCUT2D eigenvalue weighted by atomic mass is 16.5. The average Bonchev–Trinajstić information content (AvgIpc) is 3.09. The Hall–Kier alpha value is -3.66. The minimum absolute atomic E-state index is 0.0991. The van der Waals surface area contributed by atoms with Crippen LogP contribution in [0.4, 0.5) is 5.69 Å². The van der Waals surface area contributed by atoms with Crippen LogP contribution in [-0.4, -0.2) is 27.1 Å². The molecule has 0 aliphatic carbocycles. The number of hydrogen-bond donors (Lipinski definition) is 1. The third-order valence-electron chi connectivity index (χ3n) is 4.42. The van der Waals surface area contributed by atoms with Crippen LogP contribution < -0.4 is 10.1 Å². The van der Waals surface area contributed by atoms with Gasteiger partial charge in [-0.1, -0.05) is 18.7 Å². The maximum absolute atomic E-state index is 12.4. The van der Waals surface area contributed by atoms with Crippen LogP contribution in [0, 0.1) is 25.2 Å². The van der Waals surface area contributed by atoms with Gasteiger partial charge in [-0.3, -0.25) is 4.79 Å². The summed E-state index contributed by atoms with van der Waals surface area (Å²) in [6.45, 7) is 7.83. The Labute approximate surface area is 163 Å². The third-order valence-corrected chi connectivity index (χ3v) is 4.42. The molecule has 28 heavy (non-hydrogen) atoms. The summed E-state index contributed by atoms with van der Waals surface area (Å²) in [4.78, 5) is 16.9. The molecule has 1 N–H and O–H groups in total. The van der Waals surface area contributed by atoms with E-state index in [2.05, 4.69) is 28.0 Å². The molecular formula is C21H21N5O2. The number of ether oxygens (including phenoxy) is 1. The third kappa shape index (κ3) is 4.01. The first-order valence-corrected chi connectivity index (χ1v) is 8.91. The molecule has 1 aromatic carbocycles. The Morgan fingerprint density at radius 1 is 1.43 bits per heavy atom. The Morgan fingerprint density at radius 2 is 2.25 bits per heavy atom. The van der Waals surface area contributed by atoms with E-state index in [0.717, 1.165) is 17.0 Å². The Bertz CT molecular complexity index is 1080. The number of aromatic nitrogens is 3. The zero-order chi connectivity index (χ0) is 20.1. The lowest BCUT2D eigenvalue weighted by Crippen LogP contribution is -2.14. The summed E-state index contributed by atoms with van der Waals surface area (Å²) in [6, 6.07) is 9.33. The van der Waals surface area contributed by atoms with Crippen LogP contribution >= 0.6 is 0 Å². The fraction of sp³-hybridized carbons (Fsp3) is 0.238. The van der Waals surface area contributed by atoms with Gasteiger partial charge < -0.3 is 10.1 Å². The molecule has 7 heteroatoms. The Morgan fingerprint density at radius 3 is 3.00 bits per heavy atom. The molecule has 2 aromatic heterocycles. The molecule has 3 aromatic rings. The van der Waals surface area contributed by atoms with E-state index < -0.39 is 0 Å². The van der Waals surface area contributed by atoms with Crippen LogP contribution in [0.3, 0.4) is 0 Å². The van der Waals surface area contributed by atoms with Crippen molar-refractivity contribution in [3.63, 3.8) is 0 Å². The number of aryl methyl sites for hydroxylation is 2. The first-order chi connectivity index (χ1) is 13.5. The monoisotopic (exact) mass is 375 g/mol. The van der Waals surface area contributed by atoms with Crippen molar-refractivity contribution in [1.29, 1.82) is 5.26 Å². The normalized spacial score (nSPS) is 10.5. The second kappa shape index (κ2) is 8.35. The maximum atomic E-state index is 12.4. The van der Waals surface area contributed by atoms with E-state index in [1.807, 2.05) is 32.0 Å². The number of nitrogens with one attached hydrogen (secondary N) is 1. The quantitative estimate of drug-likeness (QED) is 0.639. The van der Waals surface area contributed by atoms with E-state index >= 15 is 0 Å². The number of hydrogen-bond acceptors (Lipinski definition) is 5. The van der Waals surface area contributed by atoms with E-state index in [4.69, 9.17) is 10.00 Å². The molecule has 0 saturated heterocycles. The van der Waals surface area contributed by atoms with Gasteiger partial charge in [-0.2, -0.15) is 10.4 Å². The van der Waals surface area contributed by atoms with E-state index in [1.165, 1.54) is 6.20 Å². The number of rotatable bonds is 7. The van der Waals surface area contributed by atoms with Crippen LogP contribution in [-0.2, 0) is 11.2 Å². The summed E-state index contributed by atoms with van der Waals surface area (Å²) in [5, 5.41) is 16.3. The van der Waals surface area contributed by atoms with Gasteiger partial charge in [0.15, 0.2) is 5.65 Å². The van der Waals surface area contributed by atoms with E-state index in [-0.39, 0.29) is 5.91 Å². The van der Waals surface area contributed by atoms with Crippen LogP contribution in [0.25, 0.3) is 5.65 Å². The molecule has 2 heterocycles. The van der Waals surface area contributed by atoms with Crippen LogP contribution in [0.5, 0.6) is 5.75 Å². The Balaban J connectivity index is 1.70. The van der Waals surface area contributed by atoms with Crippen molar-refractivity contribution in [1.82, 2.24) is 14.6 Å². The summed E-state index contributed by atoms with van der Waals surface area (Å²) < 4.78 is 7.13. The van der Waals surface area contributed by atoms with Crippen LogP contribution in [0.2, 0.25) is 0 Å². The first kappa shape index (κ1) is 19.1. The van der Waals surface area contributed by atoms with Crippen molar-refractivity contribution in [2.75, 3.05) is 11.9 Å². The molecule has 1 amide bonds. The number of nitrogens with zero attached hydrogens (tertiary/aromatic N) is 4. The van der Waals surface area contributed by atoms with E-state index in [1.54, 1.807) is 16.7 Å². The number of amides is 1. The Kier molecular flexibility index (Phi) is 5.70. The highest BCUT2D eigenvalue weighted by Crippen LogP contribution is 2.20. The number of anilines is 1. The second-order valence-electron chi connectivity index (χ2n) is 6.34. The summed E-state index contributed by atoms with van der Waals surface area (Å²) in [5.74, 6) is 0.573. The molecule has 0 fully saturated rings. The number of carbonyl (C=O) groups is 1. The fourth-order valence-corrected chi connectivity index (χ4v) is 3.03. The highest BCUT2D eigenvalue weighted by Gasteiger charge is 2.15. The van der Waals surface area contributed by atoms with Crippen molar-refractivity contribution in [3.8, 4) is 11.8 Å². The summed E-state index contributed by atoms with van der Waals surface area (Å²) in [6.07, 6.45) is 4.01. The standard InChI is InChI=1S/C21H21N5O2/c1-4-10-28-18-7-5-6-17(11-18)25-20(27)9-8-19-14(2)24-21-16(12-22)13-23-26(21)15(19)3/h4-7,11,13H,1,8-10H2,2-3H3,(H,25,27). The fourth-order valence-electron chi connectivity index (χ4n) is 3.03. The molecule has 0 aliphatic rings. The van der Waals surface area contributed by atoms with Gasteiger partial charge in [-0.05, 0) is 38.0 Å². The molecule has 0 bridgehead atoms. The number of fused-ring (bicyclic) bond motifs is 1. The minimum atomic E-state index is -0.0991. The zero-order valence-corrected chi connectivity index (χ0v) is 15.9. The first-order valence-electron chi connectivity index (χ1n) is 8.91. The van der Waals surface area contributed by atoms with Gasteiger partial charge >= 0.3 is 0 Å². The predicted molar refractivity (Wildman–Crippen MR) is 106 cm³/mol. The molecule has 0 unspecified atom stereocenters. The maximum Gasteiger partial charge on any atom is 0.224 e. The summed E-state index contributed by atoms with van der Waals surface area (Å²) in [7, 11) is 0. The molecular weight excluding hydrogens is 354 g/mol. The van der Waals surface area contributed by atoms with Crippen molar-refractivity contribution >= 4 is 17.2 Å². The number of benzene rings is 1. The van der Waals surface area contributed by atoms with Crippen molar-refractivity contribution in [2.45, 2.75) is 26.7 Å². The molecule has 0 saturated carbocycles. The van der Waals surface area contributed by atoms with Crippen molar-refractivity contribution < 1.29 is 9.53 Å². The SMILES string of the molecule is C=CCOc1cccc(NC(=O)CCc2c(C)nc3c(C#N)cnn3c2C)c1. The van der Waals surface area contributed by atoms with Gasteiger partial charge in [0.1, 0.15) is 24.0 Å². The summed E-state index contributed by atoms with van der Waals surface area (Å²) in [5.41, 5.74) is 4.31. The molecule has 7 nitrogen and oxygen atoms in total. The smallest absolute Gasteiger partial charge is 0.224 e. The highest BCUT2D eigenvalue weighted by molar-refractivity contribution is 5.91. The summed E-state index contributed by atoms with van der Waals surface area (Å²) >= 11 is 0. The predicted octanol–water partition coefficient (Wildman–Crippen LogP) is 3.35. The van der Waals surface area contributed by atoms with Crippen LogP contribution in [0.15, 0.2) is 43.1 Å². The largest absolute Gasteiger partial charge is 0.489 e. The van der Waals surface area contributed by atoms with E-state index in [0.29, 0.717) is 42.1 Å². The van der Waals surface area contributed by atoms with Gasteiger partial charge in [0, 0.05) is 29.6 Å². The molecule has 3 rings (SSSR count). The second-order valence-corrected chi connectivity index (χ2v) is 6.34. The minimum Gasteiger partial charge on any atom is -0.489 e. The molecule has 0 aliphatic heterocycles. The molecule has 142 valence electrons. The average molecular weight is 375 g/mol. The van der Waals surface area contributed by atoms with Gasteiger partial charge in [-0.25, -0.2) is 9.50 Å². The van der Waals surface area contributed by atoms with Crippen molar-refractivity contribution in [3.05, 3.63) is 65.6 Å². The van der Waals surface area contributed by atoms with E-state index in [9.17, 15) is 4.79 Å². The molecule has 0 atom stereocenters. The molecule has 0 radical (unpaired) electrons. The molecule has 0 spiro atoms. The lowest BCUT2D eigenvalue weighted by Gasteiger charge is -2.12. The van der Waals surface area contributed by atoms with Gasteiger partial charge in [0.2, 0.25) is 5.91 Å². The van der Waals surface area contributed by atoms with Crippen LogP contribution in [0.1, 0.15) is 28.9 Å². The lowest BCUT2D eigenvalue weighted by atomic mass is 10.1. The lowest BCUT2D eigenvalue weighted by molar-refractivity contribution is -0.116. The number of nitriles is 1. The van der Waals surface area contributed by atoms with Crippen molar-refractivity contribution in [2.24, 2.45) is 0 Å². The zero-order valence-electron chi connectivity index (χ0n) is 15.9. The topological polar surface area (TPSA) is 92.3 Å². The number of carbonyl (C=O) groups excluding carboxylic acids is 1.